The normalized spacial score (nSPS) is 25.5. The van der Waals surface area contributed by atoms with Crippen molar-refractivity contribution in [3.8, 4) is 0 Å². The van der Waals surface area contributed by atoms with Gasteiger partial charge in [0.2, 0.25) is 0 Å². The van der Waals surface area contributed by atoms with Gasteiger partial charge in [0.1, 0.15) is 5.25 Å². The van der Waals surface area contributed by atoms with Gasteiger partial charge >= 0.3 is 5.97 Å². The molecule has 0 aliphatic carbocycles. The maximum Gasteiger partial charge on any atom is 0.319 e. The van der Waals surface area contributed by atoms with Crippen molar-refractivity contribution in [2.45, 2.75) is 30.3 Å². The minimum Gasteiger partial charge on any atom is -0.465 e. The molecule has 1 aliphatic rings. The highest BCUT2D eigenvalue weighted by Gasteiger charge is 2.28. The molecule has 0 radical (unpaired) electrons. The Morgan fingerprint density at radius 1 is 1.83 bits per heavy atom. The quantitative estimate of drug-likeness (QED) is 0.666. The van der Waals surface area contributed by atoms with Crippen LogP contribution in [0.5, 0.6) is 0 Å². The molecule has 0 spiro atoms. The second-order valence-electron chi connectivity index (χ2n) is 2.90. The highest BCUT2D eigenvalue weighted by atomic mass is 32.2. The molecule has 3 nitrogen and oxygen atoms in total. The molecular formula is C8H14O3S. The molecule has 0 aromatic carbocycles. The van der Waals surface area contributed by atoms with Gasteiger partial charge in [-0.15, -0.1) is 11.8 Å². The van der Waals surface area contributed by atoms with E-state index >= 15 is 0 Å². The first-order chi connectivity index (χ1) is 5.74. The second kappa shape index (κ2) is 4.72. The van der Waals surface area contributed by atoms with Gasteiger partial charge in [-0.05, 0) is 6.42 Å². The standard InChI is InChI=1S/C8H14O3S/c1-6(2-4-9)12-7-3-5-11-8(7)10/h6-7,9H,2-5H2,1H3. The highest BCUT2D eigenvalue weighted by molar-refractivity contribution is 8.01. The number of aliphatic hydroxyl groups is 1. The van der Waals surface area contributed by atoms with Gasteiger partial charge in [-0.1, -0.05) is 6.92 Å². The van der Waals surface area contributed by atoms with Crippen molar-refractivity contribution in [2.75, 3.05) is 13.2 Å². The molecule has 0 bridgehead atoms. The molecule has 1 aliphatic heterocycles. The summed E-state index contributed by atoms with van der Waals surface area (Å²) in [5.74, 6) is -0.0928. The van der Waals surface area contributed by atoms with Crippen molar-refractivity contribution in [2.24, 2.45) is 0 Å². The molecule has 1 saturated heterocycles. The minimum atomic E-state index is -0.0928. The summed E-state index contributed by atoms with van der Waals surface area (Å²) in [6.45, 7) is 2.77. The highest BCUT2D eigenvalue weighted by Crippen LogP contribution is 2.26. The van der Waals surface area contributed by atoms with E-state index in [9.17, 15) is 4.79 Å². The predicted octanol–water partition coefficient (Wildman–Crippen LogP) is 0.806. The predicted molar refractivity (Wildman–Crippen MR) is 48.1 cm³/mol. The Bertz CT molecular complexity index is 160. The van der Waals surface area contributed by atoms with Gasteiger partial charge in [0.15, 0.2) is 0 Å². The van der Waals surface area contributed by atoms with E-state index < -0.39 is 0 Å². The van der Waals surface area contributed by atoms with Crippen molar-refractivity contribution in [1.82, 2.24) is 0 Å². The van der Waals surface area contributed by atoms with E-state index in [0.717, 1.165) is 12.8 Å². The van der Waals surface area contributed by atoms with E-state index in [1.165, 1.54) is 0 Å². The Morgan fingerprint density at radius 3 is 3.08 bits per heavy atom. The lowest BCUT2D eigenvalue weighted by Gasteiger charge is -2.11. The van der Waals surface area contributed by atoms with Crippen LogP contribution in [0.15, 0.2) is 0 Å². The minimum absolute atomic E-state index is 0.00606. The molecule has 4 heteroatoms. The number of cyclic esters (lactones) is 1. The summed E-state index contributed by atoms with van der Waals surface area (Å²) >= 11 is 1.61. The van der Waals surface area contributed by atoms with E-state index in [-0.39, 0.29) is 17.8 Å². The van der Waals surface area contributed by atoms with Crippen LogP contribution in [0.2, 0.25) is 0 Å². The number of hydrogen-bond acceptors (Lipinski definition) is 4. The number of ether oxygens (including phenoxy) is 1. The molecule has 1 fully saturated rings. The van der Waals surface area contributed by atoms with Crippen LogP contribution < -0.4 is 0 Å². The first-order valence-electron chi connectivity index (χ1n) is 4.17. The summed E-state index contributed by atoms with van der Waals surface area (Å²) in [7, 11) is 0. The average Bonchev–Trinajstić information content (AvgIpc) is 2.37. The Kier molecular flexibility index (Phi) is 3.88. The maximum absolute atomic E-state index is 11.0. The van der Waals surface area contributed by atoms with Crippen LogP contribution in [0.1, 0.15) is 19.8 Å². The van der Waals surface area contributed by atoms with Gasteiger partial charge in [-0.2, -0.15) is 0 Å². The molecule has 0 saturated carbocycles. The van der Waals surface area contributed by atoms with Gasteiger partial charge in [0, 0.05) is 18.3 Å². The van der Waals surface area contributed by atoms with E-state index in [2.05, 4.69) is 0 Å². The maximum atomic E-state index is 11.0. The lowest BCUT2D eigenvalue weighted by Crippen LogP contribution is -2.14. The average molecular weight is 190 g/mol. The SMILES string of the molecule is CC(CCO)SC1CCOC1=O. The number of carbonyl (C=O) groups excluding carboxylic acids is 1. The van der Waals surface area contributed by atoms with Gasteiger partial charge < -0.3 is 9.84 Å². The van der Waals surface area contributed by atoms with Crippen molar-refractivity contribution < 1.29 is 14.6 Å². The summed E-state index contributed by atoms with van der Waals surface area (Å²) in [4.78, 5) is 11.0. The number of rotatable bonds is 4. The zero-order valence-electron chi connectivity index (χ0n) is 7.16. The third-order valence-electron chi connectivity index (χ3n) is 1.82. The molecule has 2 unspecified atom stereocenters. The number of thioether (sulfide) groups is 1. The molecule has 0 aromatic heterocycles. The van der Waals surface area contributed by atoms with E-state index in [1.807, 2.05) is 6.92 Å². The Balaban J connectivity index is 2.25. The van der Waals surface area contributed by atoms with Gasteiger partial charge in [-0.3, -0.25) is 4.79 Å². The van der Waals surface area contributed by atoms with Crippen LogP contribution in [-0.2, 0) is 9.53 Å². The fourth-order valence-corrected chi connectivity index (χ4v) is 2.35. The van der Waals surface area contributed by atoms with Crippen LogP contribution in [-0.4, -0.2) is 34.8 Å². The van der Waals surface area contributed by atoms with Gasteiger partial charge in [0.05, 0.1) is 6.61 Å². The third kappa shape index (κ3) is 2.68. The third-order valence-corrected chi connectivity index (χ3v) is 3.28. The Labute approximate surface area is 76.5 Å². The van der Waals surface area contributed by atoms with Crippen LogP contribution in [0.25, 0.3) is 0 Å². The molecule has 12 heavy (non-hydrogen) atoms. The molecular weight excluding hydrogens is 176 g/mol. The molecule has 1 rings (SSSR count). The van der Waals surface area contributed by atoms with Crippen LogP contribution in [0, 0.1) is 0 Å². The summed E-state index contributed by atoms with van der Waals surface area (Å²) in [6, 6.07) is 0. The summed E-state index contributed by atoms with van der Waals surface area (Å²) in [6.07, 6.45) is 1.56. The van der Waals surface area contributed by atoms with Gasteiger partial charge in [-0.25, -0.2) is 0 Å². The number of carbonyl (C=O) groups is 1. The molecule has 0 amide bonds. The number of esters is 1. The second-order valence-corrected chi connectivity index (χ2v) is 4.55. The topological polar surface area (TPSA) is 46.5 Å². The Hall–Kier alpha value is -0.220. The molecule has 70 valence electrons. The number of hydrogen-bond donors (Lipinski definition) is 1. The summed E-state index contributed by atoms with van der Waals surface area (Å²) < 4.78 is 4.82. The summed E-state index contributed by atoms with van der Waals surface area (Å²) in [5, 5.41) is 8.99. The van der Waals surface area contributed by atoms with Crippen LogP contribution in [0.3, 0.4) is 0 Å². The lowest BCUT2D eigenvalue weighted by molar-refractivity contribution is -0.137. The smallest absolute Gasteiger partial charge is 0.319 e. The lowest BCUT2D eigenvalue weighted by atomic mass is 10.3. The van der Waals surface area contributed by atoms with E-state index in [0.29, 0.717) is 11.9 Å². The number of aliphatic hydroxyl groups excluding tert-OH is 1. The Morgan fingerprint density at radius 2 is 2.58 bits per heavy atom. The molecule has 1 N–H and O–H groups in total. The zero-order chi connectivity index (χ0) is 8.97. The van der Waals surface area contributed by atoms with Crippen molar-refractivity contribution in [3.63, 3.8) is 0 Å². The van der Waals surface area contributed by atoms with Crippen LogP contribution >= 0.6 is 11.8 Å². The van der Waals surface area contributed by atoms with Crippen molar-refractivity contribution in [3.05, 3.63) is 0 Å². The van der Waals surface area contributed by atoms with E-state index in [4.69, 9.17) is 9.84 Å². The fraction of sp³-hybridized carbons (Fsp3) is 0.875. The largest absolute Gasteiger partial charge is 0.465 e. The first kappa shape index (κ1) is 9.86. The fourth-order valence-electron chi connectivity index (χ4n) is 1.13. The van der Waals surface area contributed by atoms with Crippen molar-refractivity contribution in [1.29, 1.82) is 0 Å². The summed E-state index contributed by atoms with van der Waals surface area (Å²) in [5.41, 5.74) is 0. The van der Waals surface area contributed by atoms with Crippen LogP contribution in [0.4, 0.5) is 0 Å². The van der Waals surface area contributed by atoms with Crippen molar-refractivity contribution >= 4 is 17.7 Å². The zero-order valence-corrected chi connectivity index (χ0v) is 7.97. The first-order valence-corrected chi connectivity index (χ1v) is 5.11. The molecule has 2 atom stereocenters. The monoisotopic (exact) mass is 190 g/mol. The molecule has 1 heterocycles. The van der Waals surface area contributed by atoms with E-state index in [1.54, 1.807) is 11.8 Å². The van der Waals surface area contributed by atoms with Gasteiger partial charge in [0.25, 0.3) is 0 Å². The molecule has 0 aromatic rings.